The zero-order chi connectivity index (χ0) is 22.4. The molecule has 0 saturated carbocycles. The van der Waals surface area contributed by atoms with Gasteiger partial charge in [0.25, 0.3) is 5.91 Å². The van der Waals surface area contributed by atoms with Crippen LogP contribution >= 0.6 is 11.6 Å². The van der Waals surface area contributed by atoms with Crippen LogP contribution in [0.3, 0.4) is 0 Å². The zero-order valence-corrected chi connectivity index (χ0v) is 19.1. The van der Waals surface area contributed by atoms with Gasteiger partial charge in [-0.25, -0.2) is 4.98 Å². The third-order valence-corrected chi connectivity index (χ3v) is 5.80. The number of aryl methyl sites for hydroxylation is 2. The second-order valence-corrected chi connectivity index (χ2v) is 8.02. The number of amides is 1. The van der Waals surface area contributed by atoms with E-state index in [-0.39, 0.29) is 17.8 Å². The Morgan fingerprint density at radius 2 is 2.06 bits per heavy atom. The monoisotopic (exact) mass is 439 g/mol. The molecule has 2 aromatic carbocycles. The maximum Gasteiger partial charge on any atom is 0.252 e. The van der Waals surface area contributed by atoms with Crippen molar-refractivity contribution in [1.29, 1.82) is 0 Å². The highest BCUT2D eigenvalue weighted by Gasteiger charge is 2.21. The first-order valence-electron chi connectivity index (χ1n) is 10.6. The smallest absolute Gasteiger partial charge is 0.252 e. The van der Waals surface area contributed by atoms with Gasteiger partial charge in [0.15, 0.2) is 0 Å². The summed E-state index contributed by atoms with van der Waals surface area (Å²) in [7, 11) is 0. The topological polar surface area (TPSA) is 96.2 Å². The number of alkyl halides is 1. The number of aliphatic imine (C=N–C) groups is 1. The molecule has 1 atom stereocenters. The van der Waals surface area contributed by atoms with Crippen LogP contribution in [-0.2, 0) is 6.42 Å². The first-order valence-corrected chi connectivity index (χ1v) is 11.2. The number of aromatic amines is 1. The number of para-hydroxylation sites is 2. The fourth-order valence-corrected chi connectivity index (χ4v) is 3.67. The summed E-state index contributed by atoms with van der Waals surface area (Å²) in [5.41, 5.74) is 11.5. The van der Waals surface area contributed by atoms with Crippen molar-refractivity contribution in [1.82, 2.24) is 15.3 Å². The number of halogens is 1. The van der Waals surface area contributed by atoms with Crippen LogP contribution in [0, 0.1) is 13.8 Å². The van der Waals surface area contributed by atoms with Crippen molar-refractivity contribution in [3.05, 3.63) is 64.5 Å². The molecule has 0 radical (unpaired) electrons. The maximum atomic E-state index is 13.3. The Morgan fingerprint density at radius 1 is 1.29 bits per heavy atom. The van der Waals surface area contributed by atoms with Crippen LogP contribution in [0.1, 0.15) is 58.7 Å². The second-order valence-electron chi connectivity index (χ2n) is 7.75. The van der Waals surface area contributed by atoms with E-state index in [2.05, 4.69) is 28.3 Å². The van der Waals surface area contributed by atoms with Gasteiger partial charge in [0.05, 0.1) is 23.0 Å². The summed E-state index contributed by atoms with van der Waals surface area (Å²) >= 11 is 5.70. The molecule has 0 fully saturated rings. The lowest BCUT2D eigenvalue weighted by atomic mass is 9.97. The molecule has 0 aliphatic carbocycles. The lowest BCUT2D eigenvalue weighted by Crippen LogP contribution is -2.30. The van der Waals surface area contributed by atoms with E-state index in [9.17, 15) is 4.79 Å². The molecule has 31 heavy (non-hydrogen) atoms. The van der Waals surface area contributed by atoms with Crippen LogP contribution in [-0.4, -0.2) is 34.1 Å². The molecular weight excluding hydrogens is 410 g/mol. The Kier molecular flexibility index (Phi) is 7.69. The van der Waals surface area contributed by atoms with Gasteiger partial charge in [-0.2, -0.15) is 0 Å². The highest BCUT2D eigenvalue weighted by molar-refractivity contribution is 6.27. The average Bonchev–Trinajstić information content (AvgIpc) is 3.21. The van der Waals surface area contributed by atoms with Crippen LogP contribution in [0.4, 0.5) is 0 Å². The second kappa shape index (κ2) is 10.4. The summed E-state index contributed by atoms with van der Waals surface area (Å²) in [5, 5.41) is 3.19. The van der Waals surface area contributed by atoms with Crippen LogP contribution in [0.15, 0.2) is 41.4 Å². The predicted octanol–water partition coefficient (Wildman–Crippen LogP) is 4.59. The SMILES string of the molecule is CCc1cc(C)c(C)c(C(=O)NC(CCCN=C(N)CCl)c2nc3ccccc3[nH]2)c1. The van der Waals surface area contributed by atoms with Crippen molar-refractivity contribution in [2.24, 2.45) is 10.7 Å². The van der Waals surface area contributed by atoms with Gasteiger partial charge in [-0.15, -0.1) is 11.6 Å². The van der Waals surface area contributed by atoms with E-state index in [4.69, 9.17) is 22.3 Å². The number of hydrogen-bond donors (Lipinski definition) is 3. The summed E-state index contributed by atoms with van der Waals surface area (Å²) in [4.78, 5) is 25.6. The molecule has 164 valence electrons. The number of aromatic nitrogens is 2. The third-order valence-electron chi connectivity index (χ3n) is 5.53. The molecule has 0 spiro atoms. The minimum atomic E-state index is -0.266. The molecule has 6 nitrogen and oxygen atoms in total. The molecule has 3 aromatic rings. The quantitative estimate of drug-likeness (QED) is 0.197. The molecule has 4 N–H and O–H groups in total. The highest BCUT2D eigenvalue weighted by Crippen LogP contribution is 2.22. The number of carbonyl (C=O) groups excluding carboxylic acids is 1. The van der Waals surface area contributed by atoms with Crippen molar-refractivity contribution < 1.29 is 4.79 Å². The fraction of sp³-hybridized carbons (Fsp3) is 0.375. The Morgan fingerprint density at radius 3 is 2.77 bits per heavy atom. The van der Waals surface area contributed by atoms with E-state index in [0.717, 1.165) is 46.4 Å². The largest absolute Gasteiger partial charge is 0.386 e. The Balaban J connectivity index is 1.85. The van der Waals surface area contributed by atoms with Crippen LogP contribution in [0.2, 0.25) is 0 Å². The van der Waals surface area contributed by atoms with E-state index < -0.39 is 0 Å². The standard InChI is InChI=1S/C24H30ClN5O/c1-4-17-12-15(2)16(3)18(13-17)24(31)30-21(10-7-11-27-22(26)14-25)23-28-19-8-5-6-9-20(19)29-23/h5-6,8-9,12-13,21H,4,7,10-11,14H2,1-3H3,(H2,26,27)(H,28,29)(H,30,31). The number of hydrogen-bond acceptors (Lipinski definition) is 3. The molecule has 0 bridgehead atoms. The highest BCUT2D eigenvalue weighted by atomic mass is 35.5. The van der Waals surface area contributed by atoms with E-state index >= 15 is 0 Å². The van der Waals surface area contributed by atoms with Crippen molar-refractivity contribution in [2.75, 3.05) is 12.4 Å². The summed E-state index contributed by atoms with van der Waals surface area (Å²) in [6.07, 6.45) is 2.30. The Labute approximate surface area is 188 Å². The molecule has 1 aromatic heterocycles. The summed E-state index contributed by atoms with van der Waals surface area (Å²) in [6, 6.07) is 11.7. The van der Waals surface area contributed by atoms with Crippen molar-refractivity contribution >= 4 is 34.4 Å². The number of fused-ring (bicyclic) bond motifs is 1. The minimum Gasteiger partial charge on any atom is -0.386 e. The first-order chi connectivity index (χ1) is 14.9. The number of imidazole rings is 1. The fourth-order valence-electron chi connectivity index (χ4n) is 3.59. The molecule has 1 unspecified atom stereocenters. The lowest BCUT2D eigenvalue weighted by Gasteiger charge is -2.18. The minimum absolute atomic E-state index is 0.0925. The van der Waals surface area contributed by atoms with E-state index in [1.54, 1.807) is 0 Å². The molecule has 7 heteroatoms. The molecular formula is C24H30ClN5O. The van der Waals surface area contributed by atoms with Crippen molar-refractivity contribution in [3.63, 3.8) is 0 Å². The number of H-pyrrole nitrogens is 1. The normalized spacial score (nSPS) is 12.8. The van der Waals surface area contributed by atoms with Crippen molar-refractivity contribution in [3.8, 4) is 0 Å². The average molecular weight is 440 g/mol. The Bertz CT molecular complexity index is 1060. The van der Waals surface area contributed by atoms with Gasteiger partial charge in [-0.05, 0) is 68.0 Å². The van der Waals surface area contributed by atoms with Gasteiger partial charge in [-0.3, -0.25) is 9.79 Å². The third kappa shape index (κ3) is 5.64. The molecule has 0 saturated heterocycles. The zero-order valence-electron chi connectivity index (χ0n) is 18.3. The first kappa shape index (κ1) is 22.8. The van der Waals surface area contributed by atoms with Crippen molar-refractivity contribution in [2.45, 2.75) is 46.1 Å². The van der Waals surface area contributed by atoms with Gasteiger partial charge in [0, 0.05) is 12.1 Å². The lowest BCUT2D eigenvalue weighted by molar-refractivity contribution is 0.0931. The number of benzene rings is 2. The summed E-state index contributed by atoms with van der Waals surface area (Å²) < 4.78 is 0. The maximum absolute atomic E-state index is 13.3. The number of amidine groups is 1. The van der Waals surface area contributed by atoms with Crippen LogP contribution in [0.5, 0.6) is 0 Å². The van der Waals surface area contributed by atoms with Gasteiger partial charge in [0.2, 0.25) is 0 Å². The van der Waals surface area contributed by atoms with E-state index in [0.29, 0.717) is 24.4 Å². The number of rotatable bonds is 9. The predicted molar refractivity (Wildman–Crippen MR) is 128 cm³/mol. The summed E-state index contributed by atoms with van der Waals surface area (Å²) in [6.45, 7) is 6.68. The van der Waals surface area contributed by atoms with Gasteiger partial charge in [0.1, 0.15) is 11.7 Å². The number of nitrogens with two attached hydrogens (primary N) is 1. The number of carbonyl (C=O) groups is 1. The molecule has 3 rings (SSSR count). The van der Waals surface area contributed by atoms with E-state index in [1.807, 2.05) is 44.2 Å². The molecule has 1 amide bonds. The number of nitrogens with zero attached hydrogens (tertiary/aromatic N) is 2. The molecule has 0 aliphatic rings. The van der Waals surface area contributed by atoms with Gasteiger partial charge >= 0.3 is 0 Å². The van der Waals surface area contributed by atoms with Crippen LogP contribution < -0.4 is 11.1 Å². The molecule has 1 heterocycles. The summed E-state index contributed by atoms with van der Waals surface area (Å²) in [5.74, 6) is 1.29. The van der Waals surface area contributed by atoms with Gasteiger partial charge < -0.3 is 16.0 Å². The van der Waals surface area contributed by atoms with E-state index in [1.165, 1.54) is 0 Å². The van der Waals surface area contributed by atoms with Gasteiger partial charge in [-0.1, -0.05) is 25.1 Å². The molecule has 0 aliphatic heterocycles. The number of nitrogens with one attached hydrogen (secondary N) is 2. The van der Waals surface area contributed by atoms with Crippen LogP contribution in [0.25, 0.3) is 11.0 Å². The Hall–Kier alpha value is -2.86.